The topological polar surface area (TPSA) is 112 Å². The fourth-order valence-electron chi connectivity index (χ4n) is 5.01. The molecule has 5 rings (SSSR count). The zero-order valence-corrected chi connectivity index (χ0v) is 24.9. The Labute approximate surface area is 256 Å². The van der Waals surface area contributed by atoms with Gasteiger partial charge in [0.2, 0.25) is 0 Å². The van der Waals surface area contributed by atoms with Crippen LogP contribution in [0.2, 0.25) is 5.02 Å². The number of pyridine rings is 1. The van der Waals surface area contributed by atoms with Crippen LogP contribution in [0.5, 0.6) is 5.75 Å². The number of nitrogens with zero attached hydrogens (tertiary/aromatic N) is 7. The molecule has 1 fully saturated rings. The third-order valence-electron chi connectivity index (χ3n) is 7.27. The van der Waals surface area contributed by atoms with E-state index >= 15 is 0 Å². The Balaban J connectivity index is 1.14. The maximum atomic E-state index is 14.0. The Bertz CT molecular complexity index is 1590. The largest absolute Gasteiger partial charge is 0.497 e. The Morgan fingerprint density at radius 3 is 2.52 bits per heavy atom. The van der Waals surface area contributed by atoms with Gasteiger partial charge < -0.3 is 19.7 Å². The van der Waals surface area contributed by atoms with E-state index in [9.17, 15) is 18.0 Å². The van der Waals surface area contributed by atoms with Gasteiger partial charge >= 0.3 is 6.18 Å². The van der Waals surface area contributed by atoms with Crippen LogP contribution in [0.4, 0.5) is 24.7 Å². The zero-order chi connectivity index (χ0) is 31.3. The van der Waals surface area contributed by atoms with Gasteiger partial charge in [-0.25, -0.2) is 14.3 Å². The van der Waals surface area contributed by atoms with Crippen LogP contribution in [-0.2, 0) is 24.1 Å². The van der Waals surface area contributed by atoms with Crippen molar-refractivity contribution in [1.82, 2.24) is 29.8 Å². The number of benzene rings is 1. The SMILES string of the molecule is COc1ccc(Cn2ncc(NC(C)COCc3cn(C4CCN(c5ccc(Cl)cn5)CC4)nn3)c(C(F)(F)F)c2=O)cc1. The highest BCUT2D eigenvalue weighted by Crippen LogP contribution is 2.32. The van der Waals surface area contributed by atoms with Crippen molar-refractivity contribution in [3.05, 3.63) is 87.2 Å². The van der Waals surface area contributed by atoms with Crippen LogP contribution in [-0.4, -0.2) is 62.6 Å². The molecule has 4 heterocycles. The van der Waals surface area contributed by atoms with Crippen molar-refractivity contribution in [2.24, 2.45) is 0 Å². The number of piperidine rings is 1. The first-order valence-corrected chi connectivity index (χ1v) is 14.4. The lowest BCUT2D eigenvalue weighted by atomic mass is 10.1. The van der Waals surface area contributed by atoms with Gasteiger partial charge in [0.05, 0.1) is 56.0 Å². The monoisotopic (exact) mass is 632 g/mol. The highest BCUT2D eigenvalue weighted by atomic mass is 35.5. The minimum atomic E-state index is -4.88. The molecule has 4 aromatic rings. The predicted octanol–water partition coefficient (Wildman–Crippen LogP) is 4.82. The van der Waals surface area contributed by atoms with Gasteiger partial charge in [0.15, 0.2) is 0 Å². The molecule has 11 nitrogen and oxygen atoms in total. The molecule has 15 heteroatoms. The van der Waals surface area contributed by atoms with Gasteiger partial charge in [-0.3, -0.25) is 4.79 Å². The van der Waals surface area contributed by atoms with Crippen LogP contribution in [0.25, 0.3) is 0 Å². The van der Waals surface area contributed by atoms with Crippen LogP contribution in [0.3, 0.4) is 0 Å². The molecule has 0 amide bonds. The lowest BCUT2D eigenvalue weighted by Crippen LogP contribution is -2.35. The molecule has 1 atom stereocenters. The molecule has 1 aliphatic heterocycles. The fraction of sp³-hybridized carbons (Fsp3) is 0.414. The molecule has 44 heavy (non-hydrogen) atoms. The normalized spacial score (nSPS) is 14.9. The highest BCUT2D eigenvalue weighted by Gasteiger charge is 2.38. The van der Waals surface area contributed by atoms with Crippen LogP contribution < -0.4 is 20.5 Å². The van der Waals surface area contributed by atoms with E-state index in [1.54, 1.807) is 37.4 Å². The highest BCUT2D eigenvalue weighted by molar-refractivity contribution is 6.30. The summed E-state index contributed by atoms with van der Waals surface area (Å²) in [6.07, 6.45) is 1.32. The maximum absolute atomic E-state index is 14.0. The quantitative estimate of drug-likeness (QED) is 0.249. The lowest BCUT2D eigenvalue weighted by molar-refractivity contribution is -0.138. The summed E-state index contributed by atoms with van der Waals surface area (Å²) in [5.41, 5.74) is -1.74. The number of hydrogen-bond acceptors (Lipinski definition) is 9. The number of ether oxygens (including phenoxy) is 2. The number of anilines is 2. The van der Waals surface area contributed by atoms with Crippen molar-refractivity contribution in [3.8, 4) is 5.75 Å². The molecule has 0 saturated carbocycles. The van der Waals surface area contributed by atoms with Crippen molar-refractivity contribution < 1.29 is 22.6 Å². The van der Waals surface area contributed by atoms with Gasteiger partial charge in [0, 0.05) is 25.3 Å². The standard InChI is InChI=1S/C29H32ClF3N8O3/c1-19(36-25-14-35-41(28(42)27(25)29(31,32)33)15-20-3-6-24(43-2)7-4-20)17-44-18-22-16-40(38-37-22)23-9-11-39(12-10-23)26-8-5-21(30)13-34-26/h3-8,13-14,16,19,23,36H,9-12,15,17-18H2,1-2H3. The lowest BCUT2D eigenvalue weighted by Gasteiger charge is -2.32. The minimum absolute atomic E-state index is 0.0611. The van der Waals surface area contributed by atoms with Crippen LogP contribution in [0.1, 0.15) is 42.6 Å². The van der Waals surface area contributed by atoms with Crippen LogP contribution >= 0.6 is 11.6 Å². The summed E-state index contributed by atoms with van der Waals surface area (Å²) < 4.78 is 55.3. The third kappa shape index (κ3) is 7.66. The van der Waals surface area contributed by atoms with Crippen molar-refractivity contribution >= 4 is 23.1 Å². The molecule has 1 aliphatic rings. The van der Waals surface area contributed by atoms with Crippen molar-refractivity contribution in [1.29, 1.82) is 0 Å². The summed E-state index contributed by atoms with van der Waals surface area (Å²) in [6, 6.07) is 9.99. The molecular formula is C29H32ClF3N8O3. The van der Waals surface area contributed by atoms with Crippen molar-refractivity contribution in [2.45, 2.75) is 51.2 Å². The van der Waals surface area contributed by atoms with Gasteiger partial charge in [0.1, 0.15) is 22.8 Å². The van der Waals surface area contributed by atoms with E-state index < -0.39 is 29.0 Å². The van der Waals surface area contributed by atoms with Crippen molar-refractivity contribution in [2.75, 3.05) is 37.0 Å². The smallest absolute Gasteiger partial charge is 0.423 e. The molecule has 0 spiro atoms. The van der Waals surface area contributed by atoms with Gasteiger partial charge in [-0.1, -0.05) is 28.9 Å². The molecular weight excluding hydrogens is 601 g/mol. The number of nitrogens with one attached hydrogen (secondary N) is 1. The molecule has 234 valence electrons. The summed E-state index contributed by atoms with van der Waals surface area (Å²) >= 11 is 5.94. The first kappa shape index (κ1) is 31.3. The Morgan fingerprint density at radius 2 is 1.86 bits per heavy atom. The molecule has 0 aliphatic carbocycles. The first-order chi connectivity index (χ1) is 21.1. The van der Waals surface area contributed by atoms with E-state index in [-0.39, 0.29) is 25.8 Å². The average molecular weight is 633 g/mol. The molecule has 1 saturated heterocycles. The predicted molar refractivity (Wildman–Crippen MR) is 158 cm³/mol. The summed E-state index contributed by atoms with van der Waals surface area (Å²) in [6.45, 7) is 3.36. The van der Waals surface area contributed by atoms with Crippen molar-refractivity contribution in [3.63, 3.8) is 0 Å². The summed E-state index contributed by atoms with van der Waals surface area (Å²) in [4.78, 5) is 19.4. The van der Waals surface area contributed by atoms with Gasteiger partial charge in [0.25, 0.3) is 5.56 Å². The number of halogens is 4. The van der Waals surface area contributed by atoms with E-state index in [1.807, 2.05) is 23.0 Å². The van der Waals surface area contributed by atoms with E-state index in [4.69, 9.17) is 21.1 Å². The Kier molecular flexibility index (Phi) is 9.69. The van der Waals surface area contributed by atoms with E-state index in [0.29, 0.717) is 22.0 Å². The van der Waals surface area contributed by atoms with Gasteiger partial charge in [-0.05, 0) is 49.6 Å². The molecule has 1 N–H and O–H groups in total. The van der Waals surface area contributed by atoms with E-state index in [1.165, 1.54) is 7.11 Å². The third-order valence-corrected chi connectivity index (χ3v) is 7.49. The number of aromatic nitrogens is 6. The van der Waals surface area contributed by atoms with Crippen LogP contribution in [0.15, 0.2) is 59.8 Å². The molecule has 0 radical (unpaired) electrons. The van der Waals surface area contributed by atoms with E-state index in [0.717, 1.165) is 42.6 Å². The fourth-order valence-corrected chi connectivity index (χ4v) is 5.12. The van der Waals surface area contributed by atoms with Gasteiger partial charge in [-0.15, -0.1) is 5.10 Å². The Hall–Kier alpha value is -4.17. The second-order valence-electron chi connectivity index (χ2n) is 10.5. The first-order valence-electron chi connectivity index (χ1n) is 14.0. The second kappa shape index (κ2) is 13.6. The number of methoxy groups -OCH3 is 1. The summed E-state index contributed by atoms with van der Waals surface area (Å²) in [7, 11) is 1.51. The van der Waals surface area contributed by atoms with E-state index in [2.05, 4.69) is 30.6 Å². The molecule has 0 bridgehead atoms. The maximum Gasteiger partial charge on any atom is 0.423 e. The number of alkyl halides is 3. The number of hydrogen-bond donors (Lipinski definition) is 1. The minimum Gasteiger partial charge on any atom is -0.497 e. The van der Waals surface area contributed by atoms with Gasteiger partial charge in [-0.2, -0.15) is 18.3 Å². The molecule has 1 unspecified atom stereocenters. The Morgan fingerprint density at radius 1 is 1.11 bits per heavy atom. The molecule has 1 aromatic carbocycles. The molecule has 3 aromatic heterocycles. The van der Waals surface area contributed by atoms with Crippen LogP contribution in [0, 0.1) is 0 Å². The zero-order valence-electron chi connectivity index (χ0n) is 24.2. The second-order valence-corrected chi connectivity index (χ2v) is 11.0. The average Bonchev–Trinajstić information content (AvgIpc) is 3.48. The number of rotatable bonds is 11. The summed E-state index contributed by atoms with van der Waals surface area (Å²) in [5.74, 6) is 1.48. The summed E-state index contributed by atoms with van der Waals surface area (Å²) in [5, 5.41) is 15.8.